The molecule has 0 amide bonds. The molecule has 0 spiro atoms. The minimum absolute atomic E-state index is 0.00170. The molecular weight excluding hydrogens is 434 g/mol. The quantitative estimate of drug-likeness (QED) is 0.420. The van der Waals surface area contributed by atoms with E-state index in [9.17, 15) is 8.78 Å². The smallest absolute Gasteiger partial charge is 0.395 e. The summed E-state index contributed by atoms with van der Waals surface area (Å²) in [5.41, 5.74) is 2.49. The van der Waals surface area contributed by atoms with Gasteiger partial charge in [0.2, 0.25) is 0 Å². The molecule has 1 atom stereocenters. The zero-order chi connectivity index (χ0) is 21.9. The molecule has 1 fully saturated rings. The van der Waals surface area contributed by atoms with Crippen LogP contribution >= 0.6 is 11.3 Å². The molecule has 6 rings (SSSR count). The fraction of sp³-hybridized carbons (Fsp3) is 0.304. The second-order valence-electron chi connectivity index (χ2n) is 8.12. The Morgan fingerprint density at radius 1 is 1.16 bits per heavy atom. The van der Waals surface area contributed by atoms with Crippen LogP contribution in [-0.4, -0.2) is 39.5 Å². The molecule has 32 heavy (non-hydrogen) atoms. The predicted molar refractivity (Wildman–Crippen MR) is 118 cm³/mol. The number of pyridine rings is 1. The van der Waals surface area contributed by atoms with Crippen molar-refractivity contribution in [3.05, 3.63) is 47.5 Å². The topological polar surface area (TPSA) is 63.3 Å². The van der Waals surface area contributed by atoms with Gasteiger partial charge in [-0.25, -0.2) is 4.98 Å². The zero-order valence-electron chi connectivity index (χ0n) is 17.3. The highest BCUT2D eigenvalue weighted by Gasteiger charge is 2.44. The van der Waals surface area contributed by atoms with Gasteiger partial charge in [-0.05, 0) is 63.2 Å². The number of hydrogen-bond acceptors (Lipinski definition) is 6. The van der Waals surface area contributed by atoms with E-state index in [2.05, 4.69) is 43.9 Å². The van der Waals surface area contributed by atoms with Crippen molar-refractivity contribution in [1.29, 1.82) is 0 Å². The maximum absolute atomic E-state index is 13.7. The van der Waals surface area contributed by atoms with Gasteiger partial charge in [-0.3, -0.25) is 10.00 Å². The number of alkyl halides is 2. The summed E-state index contributed by atoms with van der Waals surface area (Å²) in [6.07, 6.45) is 0.635. The highest BCUT2D eigenvalue weighted by atomic mass is 32.1. The minimum atomic E-state index is -3.68. The van der Waals surface area contributed by atoms with Crippen LogP contribution in [0.4, 0.5) is 8.78 Å². The van der Waals surface area contributed by atoms with Gasteiger partial charge in [0, 0.05) is 38.5 Å². The van der Waals surface area contributed by atoms with Crippen LogP contribution in [-0.2, 0) is 0 Å². The standard InChI is InChI=1S/C23H20F2N4O2S/c1-13(29-9-2-3-10-29)18-7-8-19(32-18)14-11-16-20(27-28-22(16)26-12-14)15-5-4-6-17-21(15)31-23(24,25)30-17/h4-8,11-13H,2-3,9-10H2,1H3,(H,26,27,28). The van der Waals surface area contributed by atoms with Crippen molar-refractivity contribution in [2.45, 2.75) is 32.1 Å². The van der Waals surface area contributed by atoms with Gasteiger partial charge in [-0.15, -0.1) is 20.1 Å². The van der Waals surface area contributed by atoms with Gasteiger partial charge in [-0.1, -0.05) is 6.07 Å². The lowest BCUT2D eigenvalue weighted by Crippen LogP contribution is -2.26. The molecule has 0 radical (unpaired) electrons. The maximum Gasteiger partial charge on any atom is 0.586 e. The largest absolute Gasteiger partial charge is 0.586 e. The van der Waals surface area contributed by atoms with E-state index in [-0.39, 0.29) is 11.5 Å². The third kappa shape index (κ3) is 3.23. The van der Waals surface area contributed by atoms with E-state index in [1.807, 2.05) is 6.07 Å². The van der Waals surface area contributed by atoms with Crippen molar-refractivity contribution < 1.29 is 18.3 Å². The Balaban J connectivity index is 1.38. The molecule has 1 N–H and O–H groups in total. The molecule has 2 aliphatic rings. The molecule has 0 saturated carbocycles. The molecule has 9 heteroatoms. The van der Waals surface area contributed by atoms with Crippen molar-refractivity contribution in [2.75, 3.05) is 13.1 Å². The van der Waals surface area contributed by atoms with Crippen LogP contribution in [0.3, 0.4) is 0 Å². The molecule has 0 aliphatic carbocycles. The summed E-state index contributed by atoms with van der Waals surface area (Å²) in [7, 11) is 0. The summed E-state index contributed by atoms with van der Waals surface area (Å²) in [6.45, 7) is 4.55. The van der Waals surface area contributed by atoms with Gasteiger partial charge in [0.05, 0.1) is 5.69 Å². The first kappa shape index (κ1) is 19.6. The normalized spacial score (nSPS) is 18.5. The van der Waals surface area contributed by atoms with Crippen LogP contribution < -0.4 is 9.47 Å². The highest BCUT2D eigenvalue weighted by molar-refractivity contribution is 7.15. The van der Waals surface area contributed by atoms with E-state index in [4.69, 9.17) is 4.74 Å². The third-order valence-electron chi connectivity index (χ3n) is 6.12. The molecule has 0 bridgehead atoms. The van der Waals surface area contributed by atoms with Crippen molar-refractivity contribution in [1.82, 2.24) is 20.1 Å². The second-order valence-corrected chi connectivity index (χ2v) is 9.23. The first-order valence-corrected chi connectivity index (χ1v) is 11.4. The van der Waals surface area contributed by atoms with Gasteiger partial charge in [0.1, 0.15) is 0 Å². The number of aromatic amines is 1. The number of para-hydroxylation sites is 1. The lowest BCUT2D eigenvalue weighted by atomic mass is 10.1. The van der Waals surface area contributed by atoms with Gasteiger partial charge >= 0.3 is 6.29 Å². The van der Waals surface area contributed by atoms with Gasteiger partial charge in [0.15, 0.2) is 17.1 Å². The summed E-state index contributed by atoms with van der Waals surface area (Å²) in [5.74, 6) is -0.00976. The van der Waals surface area contributed by atoms with E-state index in [0.717, 1.165) is 28.9 Å². The van der Waals surface area contributed by atoms with E-state index < -0.39 is 6.29 Å². The molecule has 6 nitrogen and oxygen atoms in total. The Bertz CT molecular complexity index is 1310. The van der Waals surface area contributed by atoms with Gasteiger partial charge in [0.25, 0.3) is 0 Å². The highest BCUT2D eigenvalue weighted by Crippen LogP contribution is 2.48. The van der Waals surface area contributed by atoms with E-state index in [0.29, 0.717) is 22.9 Å². The number of nitrogens with one attached hydrogen (secondary N) is 1. The van der Waals surface area contributed by atoms with Crippen LogP contribution in [0.5, 0.6) is 11.5 Å². The van der Waals surface area contributed by atoms with Gasteiger partial charge < -0.3 is 9.47 Å². The lowest BCUT2D eigenvalue weighted by molar-refractivity contribution is -0.286. The molecule has 2 aliphatic heterocycles. The van der Waals surface area contributed by atoms with Crippen molar-refractivity contribution >= 4 is 22.4 Å². The molecular formula is C23H20F2N4O2S. The summed E-state index contributed by atoms with van der Waals surface area (Å²) in [5, 5.41) is 7.92. The molecule has 1 aromatic carbocycles. The summed E-state index contributed by atoms with van der Waals surface area (Å²) >= 11 is 1.76. The number of nitrogens with zero attached hydrogens (tertiary/aromatic N) is 3. The van der Waals surface area contributed by atoms with Crippen LogP contribution in [0.2, 0.25) is 0 Å². The number of H-pyrrole nitrogens is 1. The first-order valence-electron chi connectivity index (χ1n) is 10.6. The maximum atomic E-state index is 13.7. The molecule has 1 saturated heterocycles. The van der Waals surface area contributed by atoms with E-state index in [1.165, 1.54) is 23.8 Å². The third-order valence-corrected chi connectivity index (χ3v) is 7.42. The van der Waals surface area contributed by atoms with E-state index in [1.54, 1.807) is 29.7 Å². The predicted octanol–water partition coefficient (Wildman–Crippen LogP) is 5.83. The summed E-state index contributed by atoms with van der Waals surface area (Å²) < 4.78 is 36.7. The van der Waals surface area contributed by atoms with Crippen molar-refractivity contribution in [3.63, 3.8) is 0 Å². The van der Waals surface area contributed by atoms with Crippen LogP contribution in [0.25, 0.3) is 32.7 Å². The Kier molecular flexibility index (Phi) is 4.44. The first-order chi connectivity index (χ1) is 15.5. The van der Waals surface area contributed by atoms with Crippen LogP contribution in [0.15, 0.2) is 42.6 Å². The average Bonchev–Trinajstić information content (AvgIpc) is 3.57. The number of halogens is 2. The fourth-order valence-electron chi connectivity index (χ4n) is 4.45. The number of fused-ring (bicyclic) bond motifs is 2. The Hall–Kier alpha value is -3.04. The van der Waals surface area contributed by atoms with Crippen LogP contribution in [0.1, 0.15) is 30.7 Å². The zero-order valence-corrected chi connectivity index (χ0v) is 18.1. The number of ether oxygens (including phenoxy) is 2. The molecule has 1 unspecified atom stereocenters. The number of hydrogen-bond donors (Lipinski definition) is 1. The van der Waals surface area contributed by atoms with E-state index >= 15 is 0 Å². The number of rotatable bonds is 4. The molecule has 5 heterocycles. The molecule has 4 aromatic rings. The molecule has 3 aromatic heterocycles. The fourth-order valence-corrected chi connectivity index (χ4v) is 5.52. The Labute approximate surface area is 186 Å². The Morgan fingerprint density at radius 2 is 2.00 bits per heavy atom. The Morgan fingerprint density at radius 3 is 2.84 bits per heavy atom. The number of aromatic nitrogens is 3. The molecule has 164 valence electrons. The summed E-state index contributed by atoms with van der Waals surface area (Å²) in [6, 6.07) is 11.5. The van der Waals surface area contributed by atoms with Gasteiger partial charge in [-0.2, -0.15) is 5.10 Å². The SMILES string of the molecule is CC(c1ccc(-c2cnc3n[nH]c(-c4cccc5c4OC(F)(F)O5)c3c2)s1)N1CCCC1. The van der Waals surface area contributed by atoms with Crippen molar-refractivity contribution in [2.24, 2.45) is 0 Å². The number of thiophene rings is 1. The van der Waals surface area contributed by atoms with Crippen LogP contribution in [0, 0.1) is 0 Å². The minimum Gasteiger partial charge on any atom is -0.395 e. The number of likely N-dealkylation sites (tertiary alicyclic amines) is 1. The average molecular weight is 455 g/mol. The lowest BCUT2D eigenvalue weighted by Gasteiger charge is -2.22. The van der Waals surface area contributed by atoms with Crippen molar-refractivity contribution in [3.8, 4) is 33.2 Å². The summed E-state index contributed by atoms with van der Waals surface area (Å²) in [4.78, 5) is 9.43. The second kappa shape index (κ2) is 7.25. The number of benzene rings is 1. The monoisotopic (exact) mass is 454 g/mol.